The molecular weight excluding hydrogens is 588 g/mol. The maximum Gasteiger partial charge on any atom is 0.407 e. The van der Waals surface area contributed by atoms with Crippen LogP contribution in [0.5, 0.6) is 0 Å². The molecule has 0 fully saturated rings. The van der Waals surface area contributed by atoms with Crippen LogP contribution in [-0.4, -0.2) is 71.8 Å². The number of H-pyrrole nitrogens is 1. The molecule has 2 aromatic carbocycles. The minimum absolute atomic E-state index is 0.229. The fraction of sp³-hybridized carbons (Fsp3) is 0.290. The van der Waals surface area contributed by atoms with E-state index < -0.39 is 6.09 Å². The second-order valence-corrected chi connectivity index (χ2v) is 10.0. The van der Waals surface area contributed by atoms with Gasteiger partial charge in [0, 0.05) is 36.4 Å². The number of nitrogens with zero attached hydrogens (tertiary/aromatic N) is 3. The van der Waals surface area contributed by atoms with Crippen LogP contribution in [0.1, 0.15) is 5.56 Å². The lowest BCUT2D eigenvalue weighted by Crippen LogP contribution is -2.28. The quantitative estimate of drug-likeness (QED) is 0.106. The molecule has 0 saturated carbocycles. The van der Waals surface area contributed by atoms with Crippen molar-refractivity contribution in [3.63, 3.8) is 0 Å². The minimum Gasteiger partial charge on any atom is -0.445 e. The van der Waals surface area contributed by atoms with Gasteiger partial charge in [-0.25, -0.2) is 14.8 Å². The molecular formula is C31H33ClN6O6. The van der Waals surface area contributed by atoms with Gasteiger partial charge in [-0.05, 0) is 23.8 Å². The second-order valence-electron chi connectivity index (χ2n) is 9.62. The van der Waals surface area contributed by atoms with Crippen molar-refractivity contribution < 1.29 is 23.7 Å². The lowest BCUT2D eigenvalue weighted by Gasteiger charge is -2.11. The van der Waals surface area contributed by atoms with E-state index in [0.29, 0.717) is 69.5 Å². The Bertz CT molecular complexity index is 1730. The van der Waals surface area contributed by atoms with E-state index in [0.717, 1.165) is 22.2 Å². The van der Waals surface area contributed by atoms with Crippen molar-refractivity contribution in [2.45, 2.75) is 13.2 Å². The molecule has 0 aliphatic carbocycles. The molecule has 0 spiro atoms. The summed E-state index contributed by atoms with van der Waals surface area (Å²) < 4.78 is 24.0. The largest absolute Gasteiger partial charge is 0.445 e. The molecule has 0 bridgehead atoms. The molecule has 5 aromatic rings. The van der Waals surface area contributed by atoms with Crippen molar-refractivity contribution in [3.05, 3.63) is 94.3 Å². The maximum atomic E-state index is 12.5. The SMILES string of the molecule is O=C(NCCOCCOCCOCCn1ccc2c(Nc3nc(Cl)cc4nc[nH]c(=O)c34)cccc21)OCc1ccccc1. The lowest BCUT2D eigenvalue weighted by atomic mass is 10.2. The molecule has 3 heterocycles. The Labute approximate surface area is 258 Å². The smallest absolute Gasteiger partial charge is 0.407 e. The van der Waals surface area contributed by atoms with Crippen LogP contribution in [0.25, 0.3) is 21.8 Å². The molecule has 12 nitrogen and oxygen atoms in total. The number of hydrogen-bond donors (Lipinski definition) is 3. The van der Waals surface area contributed by atoms with Gasteiger partial charge in [-0.2, -0.15) is 0 Å². The first-order chi connectivity index (χ1) is 21.6. The number of halogens is 1. The third kappa shape index (κ3) is 8.54. The molecule has 13 heteroatoms. The number of benzene rings is 2. The van der Waals surface area contributed by atoms with E-state index >= 15 is 0 Å². The van der Waals surface area contributed by atoms with Crippen LogP contribution in [0.4, 0.5) is 16.3 Å². The number of anilines is 2. The summed E-state index contributed by atoms with van der Waals surface area (Å²) in [6, 6.07) is 18.9. The van der Waals surface area contributed by atoms with Gasteiger partial charge in [0.25, 0.3) is 5.56 Å². The number of pyridine rings is 1. The predicted molar refractivity (Wildman–Crippen MR) is 167 cm³/mol. The monoisotopic (exact) mass is 620 g/mol. The number of nitrogens with one attached hydrogen (secondary N) is 3. The van der Waals surface area contributed by atoms with Gasteiger partial charge in [-0.3, -0.25) is 4.79 Å². The third-order valence-electron chi connectivity index (χ3n) is 6.61. The number of aromatic nitrogens is 4. The van der Waals surface area contributed by atoms with Gasteiger partial charge in [-0.15, -0.1) is 0 Å². The van der Waals surface area contributed by atoms with Gasteiger partial charge in [0.05, 0.1) is 57.0 Å². The van der Waals surface area contributed by atoms with Crippen LogP contribution in [0.3, 0.4) is 0 Å². The van der Waals surface area contributed by atoms with Crippen molar-refractivity contribution >= 4 is 51.0 Å². The van der Waals surface area contributed by atoms with Crippen LogP contribution in [0.15, 0.2) is 78.0 Å². The molecule has 0 aliphatic rings. The maximum absolute atomic E-state index is 12.5. The first-order valence-corrected chi connectivity index (χ1v) is 14.5. The second kappa shape index (κ2) is 15.8. The Kier molecular flexibility index (Phi) is 11.1. The molecule has 0 radical (unpaired) electrons. The average Bonchev–Trinajstić information content (AvgIpc) is 3.45. The van der Waals surface area contributed by atoms with Gasteiger partial charge < -0.3 is 39.1 Å². The van der Waals surface area contributed by atoms with Crippen LogP contribution in [-0.2, 0) is 32.1 Å². The number of amides is 1. The zero-order valence-electron chi connectivity index (χ0n) is 24.0. The van der Waals surface area contributed by atoms with Crippen LogP contribution in [0.2, 0.25) is 5.15 Å². The van der Waals surface area contributed by atoms with Crippen molar-refractivity contribution in [1.82, 2.24) is 24.8 Å². The topological polar surface area (TPSA) is 142 Å². The molecule has 230 valence electrons. The zero-order valence-corrected chi connectivity index (χ0v) is 24.7. The van der Waals surface area contributed by atoms with E-state index in [1.807, 2.05) is 60.8 Å². The molecule has 3 N–H and O–H groups in total. The summed E-state index contributed by atoms with van der Waals surface area (Å²) in [7, 11) is 0. The number of ether oxygens (including phenoxy) is 4. The van der Waals surface area contributed by atoms with E-state index in [1.165, 1.54) is 6.33 Å². The molecule has 5 rings (SSSR count). The summed E-state index contributed by atoms with van der Waals surface area (Å²) in [5, 5.41) is 7.45. The predicted octanol–water partition coefficient (Wildman–Crippen LogP) is 4.65. The summed E-state index contributed by atoms with van der Waals surface area (Å²) in [6.45, 7) is 3.86. The number of fused-ring (bicyclic) bond motifs is 2. The van der Waals surface area contributed by atoms with Gasteiger partial charge in [0.2, 0.25) is 0 Å². The highest BCUT2D eigenvalue weighted by Crippen LogP contribution is 2.29. The molecule has 44 heavy (non-hydrogen) atoms. The van der Waals surface area contributed by atoms with E-state index in [2.05, 4.69) is 30.2 Å². The summed E-state index contributed by atoms with van der Waals surface area (Å²) in [5.74, 6) is 0.340. The van der Waals surface area contributed by atoms with E-state index in [-0.39, 0.29) is 17.3 Å². The highest BCUT2D eigenvalue weighted by Gasteiger charge is 2.13. The van der Waals surface area contributed by atoms with Crippen molar-refractivity contribution in [3.8, 4) is 0 Å². The molecule has 1 amide bonds. The summed E-state index contributed by atoms with van der Waals surface area (Å²) >= 11 is 6.18. The standard InChI is InChI=1S/C31H33ClN6O6/c32-27-19-25-28(30(39)35-21-34-25)29(37-27)36-24-7-4-8-26-23(24)9-11-38(26)12-14-42-16-18-43-17-15-41-13-10-33-31(40)44-20-22-5-2-1-3-6-22/h1-9,11,19,21H,10,12-18,20H2,(H,33,40)(H,36,37)(H,34,35,39). The normalized spacial score (nSPS) is 11.2. The Morgan fingerprint density at radius 1 is 0.932 bits per heavy atom. The van der Waals surface area contributed by atoms with E-state index in [1.54, 1.807) is 6.07 Å². The molecule has 0 aliphatic heterocycles. The Morgan fingerprint density at radius 2 is 1.70 bits per heavy atom. The number of rotatable bonds is 16. The van der Waals surface area contributed by atoms with Crippen molar-refractivity contribution in [1.29, 1.82) is 0 Å². The Balaban J connectivity index is 0.965. The van der Waals surface area contributed by atoms with Crippen LogP contribution in [0, 0.1) is 0 Å². The summed E-state index contributed by atoms with van der Waals surface area (Å²) in [6.07, 6.45) is 2.85. The highest BCUT2D eigenvalue weighted by molar-refractivity contribution is 6.30. The summed E-state index contributed by atoms with van der Waals surface area (Å²) in [4.78, 5) is 35.3. The van der Waals surface area contributed by atoms with Gasteiger partial charge >= 0.3 is 6.09 Å². The van der Waals surface area contributed by atoms with E-state index in [4.69, 9.17) is 30.5 Å². The van der Waals surface area contributed by atoms with Crippen molar-refractivity contribution in [2.24, 2.45) is 0 Å². The fourth-order valence-electron chi connectivity index (χ4n) is 4.51. The number of carbonyl (C=O) groups is 1. The van der Waals surface area contributed by atoms with Crippen LogP contribution >= 0.6 is 11.6 Å². The Morgan fingerprint density at radius 3 is 2.52 bits per heavy atom. The lowest BCUT2D eigenvalue weighted by molar-refractivity contribution is 0.0138. The number of aromatic amines is 1. The van der Waals surface area contributed by atoms with Gasteiger partial charge in [0.15, 0.2) is 0 Å². The number of carbonyl (C=O) groups excluding carboxylic acids is 1. The molecule has 0 saturated heterocycles. The zero-order chi connectivity index (χ0) is 30.6. The molecule has 0 unspecified atom stereocenters. The van der Waals surface area contributed by atoms with E-state index in [9.17, 15) is 9.59 Å². The minimum atomic E-state index is -0.477. The fourth-order valence-corrected chi connectivity index (χ4v) is 4.70. The summed E-state index contributed by atoms with van der Waals surface area (Å²) in [5.41, 5.74) is 2.88. The van der Waals surface area contributed by atoms with Gasteiger partial charge in [-0.1, -0.05) is 48.0 Å². The average molecular weight is 621 g/mol. The highest BCUT2D eigenvalue weighted by atomic mass is 35.5. The first kappa shape index (κ1) is 31.0. The van der Waals surface area contributed by atoms with Crippen molar-refractivity contribution in [2.75, 3.05) is 51.5 Å². The third-order valence-corrected chi connectivity index (χ3v) is 6.80. The van der Waals surface area contributed by atoms with Crippen LogP contribution < -0.4 is 16.2 Å². The Hall–Kier alpha value is -4.49. The first-order valence-electron chi connectivity index (χ1n) is 14.1. The molecule has 0 atom stereocenters. The van der Waals surface area contributed by atoms with Gasteiger partial charge in [0.1, 0.15) is 23.0 Å². The number of hydrogen-bond acceptors (Lipinski definition) is 9. The number of alkyl carbamates (subject to hydrolysis) is 1. The molecule has 3 aromatic heterocycles.